The molecule has 1 atom stereocenters. The summed E-state index contributed by atoms with van der Waals surface area (Å²) >= 11 is 5.78. The standard InChI is InChI=1S/C11H15ClN2O2/c12-10-2-1-4-14(11(10)15)7-9-6-13-3-5-16-8-9/h1-2,4,9,13H,3,5-8H2. The Morgan fingerprint density at radius 1 is 1.62 bits per heavy atom. The Morgan fingerprint density at radius 2 is 2.50 bits per heavy atom. The van der Waals surface area contributed by atoms with Crippen LogP contribution >= 0.6 is 11.6 Å². The van der Waals surface area contributed by atoms with Crippen molar-refractivity contribution in [3.63, 3.8) is 0 Å². The summed E-state index contributed by atoms with van der Waals surface area (Å²) in [6, 6.07) is 3.40. The number of aromatic nitrogens is 1. The Kier molecular flexibility index (Phi) is 3.98. The Morgan fingerprint density at radius 3 is 3.38 bits per heavy atom. The number of rotatable bonds is 2. The molecule has 0 saturated carbocycles. The molecule has 1 aromatic rings. The van der Waals surface area contributed by atoms with Crippen molar-refractivity contribution in [2.45, 2.75) is 6.54 Å². The van der Waals surface area contributed by atoms with E-state index in [4.69, 9.17) is 16.3 Å². The maximum atomic E-state index is 11.7. The number of halogens is 1. The molecule has 1 N–H and O–H groups in total. The zero-order valence-electron chi connectivity index (χ0n) is 8.99. The number of hydrogen-bond donors (Lipinski definition) is 1. The van der Waals surface area contributed by atoms with Crippen molar-refractivity contribution in [2.24, 2.45) is 5.92 Å². The Balaban J connectivity index is 2.07. The maximum absolute atomic E-state index is 11.7. The molecule has 0 aromatic carbocycles. The number of nitrogens with zero attached hydrogens (tertiary/aromatic N) is 1. The Hall–Kier alpha value is -0.840. The lowest BCUT2D eigenvalue weighted by atomic mass is 10.1. The van der Waals surface area contributed by atoms with E-state index in [1.807, 2.05) is 0 Å². The molecule has 0 bridgehead atoms. The molecule has 1 unspecified atom stereocenters. The van der Waals surface area contributed by atoms with E-state index < -0.39 is 0 Å². The molecule has 4 nitrogen and oxygen atoms in total. The van der Waals surface area contributed by atoms with Crippen LogP contribution in [0, 0.1) is 5.92 Å². The van der Waals surface area contributed by atoms with Crippen molar-refractivity contribution in [2.75, 3.05) is 26.3 Å². The molecular weight excluding hydrogens is 228 g/mol. The van der Waals surface area contributed by atoms with E-state index in [-0.39, 0.29) is 10.6 Å². The van der Waals surface area contributed by atoms with Crippen LogP contribution < -0.4 is 10.9 Å². The van der Waals surface area contributed by atoms with Crippen LogP contribution in [-0.2, 0) is 11.3 Å². The molecule has 0 amide bonds. The molecule has 0 spiro atoms. The van der Waals surface area contributed by atoms with Gasteiger partial charge in [-0.25, -0.2) is 0 Å². The fourth-order valence-electron chi connectivity index (χ4n) is 1.81. The molecule has 1 aliphatic heterocycles. The third kappa shape index (κ3) is 2.84. The van der Waals surface area contributed by atoms with E-state index >= 15 is 0 Å². The number of nitrogens with one attached hydrogen (secondary N) is 1. The van der Waals surface area contributed by atoms with Crippen molar-refractivity contribution >= 4 is 11.6 Å². The predicted octanol–water partition coefficient (Wildman–Crippen LogP) is 0.738. The lowest BCUT2D eigenvalue weighted by Crippen LogP contribution is -2.30. The fourth-order valence-corrected chi connectivity index (χ4v) is 1.99. The average Bonchev–Trinajstić information content (AvgIpc) is 2.53. The topological polar surface area (TPSA) is 43.3 Å². The first-order chi connectivity index (χ1) is 7.77. The summed E-state index contributed by atoms with van der Waals surface area (Å²) in [6.45, 7) is 3.82. The number of ether oxygens (including phenoxy) is 1. The van der Waals surface area contributed by atoms with E-state index in [1.165, 1.54) is 0 Å². The highest BCUT2D eigenvalue weighted by atomic mass is 35.5. The minimum absolute atomic E-state index is 0.131. The van der Waals surface area contributed by atoms with Crippen molar-refractivity contribution in [1.29, 1.82) is 0 Å². The smallest absolute Gasteiger partial charge is 0.269 e. The highest BCUT2D eigenvalue weighted by Crippen LogP contribution is 2.05. The zero-order chi connectivity index (χ0) is 11.4. The summed E-state index contributed by atoms with van der Waals surface area (Å²) in [5, 5.41) is 3.55. The second-order valence-electron chi connectivity index (χ2n) is 3.96. The molecule has 1 aromatic heterocycles. The summed E-state index contributed by atoms with van der Waals surface area (Å²) in [7, 11) is 0. The fraction of sp³-hybridized carbons (Fsp3) is 0.545. The third-order valence-electron chi connectivity index (χ3n) is 2.64. The summed E-state index contributed by atoms with van der Waals surface area (Å²) in [5.74, 6) is 0.318. The van der Waals surface area contributed by atoms with Gasteiger partial charge < -0.3 is 14.6 Å². The lowest BCUT2D eigenvalue weighted by molar-refractivity contribution is 0.117. The van der Waals surface area contributed by atoms with Gasteiger partial charge in [-0.1, -0.05) is 11.6 Å². The van der Waals surface area contributed by atoms with Crippen LogP contribution in [0.25, 0.3) is 0 Å². The normalized spacial score (nSPS) is 21.7. The Labute approximate surface area is 99.2 Å². The first-order valence-corrected chi connectivity index (χ1v) is 5.78. The van der Waals surface area contributed by atoms with Crippen LogP contribution in [0.3, 0.4) is 0 Å². The molecule has 1 saturated heterocycles. The van der Waals surface area contributed by atoms with Crippen molar-refractivity contribution in [3.8, 4) is 0 Å². The van der Waals surface area contributed by atoms with Crippen molar-refractivity contribution in [3.05, 3.63) is 33.7 Å². The molecule has 16 heavy (non-hydrogen) atoms. The van der Waals surface area contributed by atoms with Gasteiger partial charge in [-0.2, -0.15) is 0 Å². The van der Waals surface area contributed by atoms with Gasteiger partial charge in [0, 0.05) is 31.7 Å². The second kappa shape index (κ2) is 5.48. The molecule has 1 fully saturated rings. The van der Waals surface area contributed by atoms with E-state index in [1.54, 1.807) is 22.9 Å². The largest absolute Gasteiger partial charge is 0.380 e. The first-order valence-electron chi connectivity index (χ1n) is 5.41. The van der Waals surface area contributed by atoms with Crippen LogP contribution in [0.4, 0.5) is 0 Å². The summed E-state index contributed by atoms with van der Waals surface area (Å²) in [5.41, 5.74) is -0.131. The van der Waals surface area contributed by atoms with Gasteiger partial charge in [0.2, 0.25) is 0 Å². The molecule has 2 rings (SSSR count). The average molecular weight is 243 g/mol. The van der Waals surface area contributed by atoms with Gasteiger partial charge in [-0.3, -0.25) is 4.79 Å². The molecule has 1 aliphatic rings. The van der Waals surface area contributed by atoms with Crippen molar-refractivity contribution in [1.82, 2.24) is 9.88 Å². The first kappa shape index (κ1) is 11.6. The van der Waals surface area contributed by atoms with Gasteiger partial charge >= 0.3 is 0 Å². The third-order valence-corrected chi connectivity index (χ3v) is 2.93. The van der Waals surface area contributed by atoms with Crippen LogP contribution in [0.15, 0.2) is 23.1 Å². The molecule has 0 aliphatic carbocycles. The monoisotopic (exact) mass is 242 g/mol. The van der Waals surface area contributed by atoms with Crippen LogP contribution in [-0.4, -0.2) is 30.9 Å². The van der Waals surface area contributed by atoms with Gasteiger partial charge in [0.25, 0.3) is 5.56 Å². The SMILES string of the molecule is O=c1c(Cl)cccn1CC1CNCCOC1. The molecule has 88 valence electrons. The minimum Gasteiger partial charge on any atom is -0.380 e. The van der Waals surface area contributed by atoms with Gasteiger partial charge in [-0.05, 0) is 12.1 Å². The van der Waals surface area contributed by atoms with Gasteiger partial charge in [0.05, 0.1) is 13.2 Å². The summed E-state index contributed by atoms with van der Waals surface area (Å²) in [6.07, 6.45) is 1.76. The van der Waals surface area contributed by atoms with E-state index in [0.717, 1.165) is 19.7 Å². The molecule has 5 heteroatoms. The van der Waals surface area contributed by atoms with E-state index in [9.17, 15) is 4.79 Å². The van der Waals surface area contributed by atoms with Gasteiger partial charge in [-0.15, -0.1) is 0 Å². The quantitative estimate of drug-likeness (QED) is 0.832. The van der Waals surface area contributed by atoms with Crippen molar-refractivity contribution < 1.29 is 4.74 Å². The minimum atomic E-state index is -0.131. The number of hydrogen-bond acceptors (Lipinski definition) is 3. The van der Waals surface area contributed by atoms with E-state index in [0.29, 0.717) is 19.1 Å². The molecule has 2 heterocycles. The Bertz CT molecular complexity index is 397. The number of pyridine rings is 1. The van der Waals surface area contributed by atoms with Crippen LogP contribution in [0.1, 0.15) is 0 Å². The lowest BCUT2D eigenvalue weighted by Gasteiger charge is -2.15. The van der Waals surface area contributed by atoms with Crippen LogP contribution in [0.5, 0.6) is 0 Å². The van der Waals surface area contributed by atoms with Crippen LogP contribution in [0.2, 0.25) is 5.02 Å². The highest BCUT2D eigenvalue weighted by molar-refractivity contribution is 6.30. The second-order valence-corrected chi connectivity index (χ2v) is 4.37. The summed E-state index contributed by atoms with van der Waals surface area (Å²) < 4.78 is 7.08. The molecular formula is C11H15ClN2O2. The van der Waals surface area contributed by atoms with E-state index in [2.05, 4.69) is 5.32 Å². The maximum Gasteiger partial charge on any atom is 0.269 e. The highest BCUT2D eigenvalue weighted by Gasteiger charge is 2.13. The summed E-state index contributed by atoms with van der Waals surface area (Å²) in [4.78, 5) is 11.7. The zero-order valence-corrected chi connectivity index (χ0v) is 9.74. The van der Waals surface area contributed by atoms with Gasteiger partial charge in [0.15, 0.2) is 0 Å². The predicted molar refractivity (Wildman–Crippen MR) is 62.9 cm³/mol. The molecule has 0 radical (unpaired) electrons. The van der Waals surface area contributed by atoms with Gasteiger partial charge in [0.1, 0.15) is 5.02 Å².